The lowest BCUT2D eigenvalue weighted by Crippen LogP contribution is -2.40. The van der Waals surface area contributed by atoms with Gasteiger partial charge in [0.2, 0.25) is 0 Å². The van der Waals surface area contributed by atoms with Crippen LogP contribution in [0.25, 0.3) is 11.0 Å². The number of fused-ring (bicyclic) bond motifs is 1. The van der Waals surface area contributed by atoms with E-state index < -0.39 is 35.7 Å². The maximum absolute atomic E-state index is 14.0. The summed E-state index contributed by atoms with van der Waals surface area (Å²) in [6.45, 7) is 4.49. The largest absolute Gasteiger partial charge is 0.445 e. The van der Waals surface area contributed by atoms with Gasteiger partial charge in [-0.25, -0.2) is 13.9 Å². The number of halogens is 5. The van der Waals surface area contributed by atoms with E-state index in [9.17, 15) is 22.4 Å². The minimum absolute atomic E-state index is 0.0200. The van der Waals surface area contributed by atoms with E-state index in [0.29, 0.717) is 0 Å². The number of aromatic nitrogens is 3. The number of hydrogen-bond acceptors (Lipinski definition) is 4. The number of rotatable bonds is 4. The predicted molar refractivity (Wildman–Crippen MR) is 93.7 cm³/mol. The Morgan fingerprint density at radius 3 is 2.59 bits per heavy atom. The number of ether oxygens (including phenoxy) is 1. The number of alkyl halides is 3. The Labute approximate surface area is 160 Å². The van der Waals surface area contributed by atoms with Crippen LogP contribution in [-0.2, 0) is 17.5 Å². The Bertz CT molecular complexity index is 872. The van der Waals surface area contributed by atoms with Gasteiger partial charge in [-0.15, -0.1) is 5.10 Å². The zero-order valence-electron chi connectivity index (χ0n) is 14.7. The Kier molecular flexibility index (Phi) is 6.13. The van der Waals surface area contributed by atoms with Gasteiger partial charge in [0, 0.05) is 10.0 Å². The van der Waals surface area contributed by atoms with Gasteiger partial charge in [-0.1, -0.05) is 5.21 Å². The van der Waals surface area contributed by atoms with Gasteiger partial charge in [-0.05, 0) is 54.9 Å². The second-order valence-electron chi connectivity index (χ2n) is 6.70. The first kappa shape index (κ1) is 21.1. The van der Waals surface area contributed by atoms with Crippen molar-refractivity contribution in [3.05, 3.63) is 34.1 Å². The van der Waals surface area contributed by atoms with E-state index in [-0.39, 0.29) is 22.1 Å². The third-order valence-electron chi connectivity index (χ3n) is 3.20. The van der Waals surface area contributed by atoms with Crippen LogP contribution in [0.1, 0.15) is 26.3 Å². The smallest absolute Gasteiger partial charge is 0.416 e. The van der Waals surface area contributed by atoms with Crippen LogP contribution in [-0.4, -0.2) is 33.2 Å². The average molecular weight is 453 g/mol. The van der Waals surface area contributed by atoms with Crippen molar-refractivity contribution < 1.29 is 27.1 Å². The fourth-order valence-electron chi connectivity index (χ4n) is 2.07. The second-order valence-corrected chi connectivity index (χ2v) is 7.55. The first-order valence-electron chi connectivity index (χ1n) is 7.76. The summed E-state index contributed by atoms with van der Waals surface area (Å²) in [7, 11) is 0. The monoisotopic (exact) mass is 452 g/mol. The maximum atomic E-state index is 14.0. The molecule has 0 aliphatic heterocycles. The van der Waals surface area contributed by atoms with Crippen LogP contribution in [0.2, 0.25) is 0 Å². The van der Waals surface area contributed by atoms with Gasteiger partial charge in [0.15, 0.2) is 0 Å². The molecule has 148 valence electrons. The molecule has 0 fully saturated rings. The van der Waals surface area contributed by atoms with Crippen molar-refractivity contribution >= 4 is 33.1 Å². The Balaban J connectivity index is 2.11. The molecule has 1 aromatic heterocycles. The van der Waals surface area contributed by atoms with Crippen LogP contribution in [0.5, 0.6) is 0 Å². The van der Waals surface area contributed by atoms with Crippen molar-refractivity contribution in [3.8, 4) is 0 Å². The molecule has 1 amide bonds. The number of nitrogens with zero attached hydrogens (tertiary/aromatic N) is 3. The topological polar surface area (TPSA) is 69.0 Å². The van der Waals surface area contributed by atoms with Crippen LogP contribution in [0.15, 0.2) is 28.5 Å². The molecule has 27 heavy (non-hydrogen) atoms. The summed E-state index contributed by atoms with van der Waals surface area (Å²) >= 11 is 3.01. The van der Waals surface area contributed by atoms with Gasteiger partial charge in [0.25, 0.3) is 0 Å². The summed E-state index contributed by atoms with van der Waals surface area (Å²) < 4.78 is 58.8. The van der Waals surface area contributed by atoms with Crippen LogP contribution in [0, 0.1) is 0 Å². The summed E-state index contributed by atoms with van der Waals surface area (Å²) in [6, 6.07) is 1.73. The number of benzene rings is 1. The highest BCUT2D eigenvalue weighted by atomic mass is 79.9. The first-order chi connectivity index (χ1) is 12.4. The Morgan fingerprint density at radius 1 is 1.33 bits per heavy atom. The molecule has 0 aliphatic rings. The minimum Gasteiger partial charge on any atom is -0.445 e. The molecule has 0 aliphatic carbocycles. The van der Waals surface area contributed by atoms with E-state index in [4.69, 9.17) is 4.74 Å². The molecule has 1 N–H and O–H groups in total. The standard InChI is InChI=1S/C16H17BrF4N4O2/c1-15(2,3)22-14(26)27-5-4-10(18)8-25-12-7-9(16(19,20)21)6-11(17)13(12)23-24-25/h4,6-7H,5,8H2,1-3H3,(H,22,26)/b10-4-. The Morgan fingerprint density at radius 2 is 2.00 bits per heavy atom. The van der Waals surface area contributed by atoms with E-state index in [1.165, 1.54) is 0 Å². The zero-order valence-corrected chi connectivity index (χ0v) is 16.3. The van der Waals surface area contributed by atoms with E-state index in [0.717, 1.165) is 22.9 Å². The molecule has 11 heteroatoms. The highest BCUT2D eigenvalue weighted by Crippen LogP contribution is 2.34. The molecule has 6 nitrogen and oxygen atoms in total. The van der Waals surface area contributed by atoms with E-state index in [2.05, 4.69) is 31.6 Å². The van der Waals surface area contributed by atoms with Gasteiger partial charge in [0.1, 0.15) is 18.0 Å². The quantitative estimate of drug-likeness (QED) is 0.688. The molecule has 0 saturated heterocycles. The van der Waals surface area contributed by atoms with Gasteiger partial charge in [-0.2, -0.15) is 13.2 Å². The number of amides is 1. The molecular weight excluding hydrogens is 436 g/mol. The fraction of sp³-hybridized carbons (Fsp3) is 0.438. The molecule has 0 radical (unpaired) electrons. The lowest BCUT2D eigenvalue weighted by molar-refractivity contribution is -0.137. The van der Waals surface area contributed by atoms with Gasteiger partial charge >= 0.3 is 12.3 Å². The normalized spacial score (nSPS) is 13.1. The van der Waals surface area contributed by atoms with Crippen LogP contribution < -0.4 is 5.32 Å². The number of nitrogens with one attached hydrogen (secondary N) is 1. The number of carbonyl (C=O) groups excluding carboxylic acids is 1. The molecule has 0 spiro atoms. The fourth-order valence-corrected chi connectivity index (χ4v) is 2.59. The third kappa shape index (κ3) is 5.91. The van der Waals surface area contributed by atoms with Crippen molar-refractivity contribution in [2.45, 2.75) is 39.0 Å². The van der Waals surface area contributed by atoms with E-state index in [1.807, 2.05) is 0 Å². The van der Waals surface area contributed by atoms with Gasteiger partial charge in [-0.3, -0.25) is 0 Å². The maximum Gasteiger partial charge on any atom is 0.416 e. The molecule has 0 unspecified atom stereocenters. The first-order valence-corrected chi connectivity index (χ1v) is 8.55. The molecule has 2 aromatic rings. The molecule has 2 rings (SSSR count). The van der Waals surface area contributed by atoms with Crippen molar-refractivity contribution in [1.82, 2.24) is 20.3 Å². The van der Waals surface area contributed by atoms with Gasteiger partial charge < -0.3 is 10.1 Å². The lowest BCUT2D eigenvalue weighted by Gasteiger charge is -2.19. The summed E-state index contributed by atoms with van der Waals surface area (Å²) in [5.74, 6) is -0.737. The molecule has 0 atom stereocenters. The van der Waals surface area contributed by atoms with E-state index >= 15 is 0 Å². The summed E-state index contributed by atoms with van der Waals surface area (Å²) in [6.07, 6.45) is -4.27. The zero-order chi connectivity index (χ0) is 20.4. The molecule has 1 aromatic carbocycles. The number of alkyl carbamates (subject to hydrolysis) is 1. The second kappa shape index (κ2) is 7.83. The summed E-state index contributed by atoms with van der Waals surface area (Å²) in [5, 5.41) is 9.97. The van der Waals surface area contributed by atoms with Crippen LogP contribution >= 0.6 is 15.9 Å². The van der Waals surface area contributed by atoms with Gasteiger partial charge in [0.05, 0.1) is 17.6 Å². The molecule has 1 heterocycles. The van der Waals surface area contributed by atoms with Crippen molar-refractivity contribution in [2.24, 2.45) is 0 Å². The summed E-state index contributed by atoms with van der Waals surface area (Å²) in [4.78, 5) is 11.5. The Hall–Kier alpha value is -2.17. The van der Waals surface area contributed by atoms with Crippen molar-refractivity contribution in [3.63, 3.8) is 0 Å². The van der Waals surface area contributed by atoms with Crippen LogP contribution in [0.4, 0.5) is 22.4 Å². The molecular formula is C16H17BrF4N4O2. The molecule has 0 saturated carbocycles. The van der Waals surface area contributed by atoms with E-state index in [1.54, 1.807) is 20.8 Å². The molecule has 0 bridgehead atoms. The van der Waals surface area contributed by atoms with Crippen molar-refractivity contribution in [1.29, 1.82) is 0 Å². The predicted octanol–water partition coefficient (Wildman–Crippen LogP) is 4.59. The van der Waals surface area contributed by atoms with Crippen LogP contribution in [0.3, 0.4) is 0 Å². The SMILES string of the molecule is CC(C)(C)NC(=O)OC/C=C(\F)Cn1nnc2c(Br)cc(C(F)(F)F)cc21. The number of allylic oxidation sites excluding steroid dienone is 1. The highest BCUT2D eigenvalue weighted by Gasteiger charge is 2.32. The lowest BCUT2D eigenvalue weighted by atomic mass is 10.1. The highest BCUT2D eigenvalue weighted by molar-refractivity contribution is 9.10. The number of carbonyl (C=O) groups is 1. The minimum atomic E-state index is -4.56. The third-order valence-corrected chi connectivity index (χ3v) is 3.80. The summed E-state index contributed by atoms with van der Waals surface area (Å²) in [5.41, 5.74) is -1.21. The number of hydrogen-bond donors (Lipinski definition) is 1. The average Bonchev–Trinajstić information content (AvgIpc) is 2.88. The van der Waals surface area contributed by atoms with Crippen molar-refractivity contribution in [2.75, 3.05) is 6.61 Å².